The van der Waals surface area contributed by atoms with Gasteiger partial charge in [-0.25, -0.2) is 0 Å². The Morgan fingerprint density at radius 3 is 1.29 bits per heavy atom. The van der Waals surface area contributed by atoms with E-state index in [2.05, 4.69) is 68.6 Å². The summed E-state index contributed by atoms with van der Waals surface area (Å²) in [6, 6.07) is -0.918. The number of hydrogen-bond donors (Lipinski definition) is 1. The molecule has 0 bridgehead atoms. The molecule has 0 saturated carbocycles. The molecular weight excluding hydrogens is 928 g/mol. The predicted octanol–water partition coefficient (Wildman–Crippen LogP) is 18.0. The molecule has 0 heterocycles. The number of rotatable bonds is 55. The number of phosphoric acid groups is 1. The molecule has 73 heavy (non-hydrogen) atoms. The van der Waals surface area contributed by atoms with Crippen molar-refractivity contribution >= 4 is 19.7 Å². The molecular formula is C63H117N2O7P. The molecule has 0 radical (unpaired) electrons. The number of hydrogen-bond acceptors (Lipinski definition) is 7. The van der Waals surface area contributed by atoms with Gasteiger partial charge in [-0.05, 0) is 83.1 Å². The fraction of sp³-hybridized carbons (Fsp3) is 0.810. The van der Waals surface area contributed by atoms with Crippen LogP contribution in [0.25, 0.3) is 0 Å². The van der Waals surface area contributed by atoms with Crippen LogP contribution in [0.4, 0.5) is 0 Å². The summed E-state index contributed by atoms with van der Waals surface area (Å²) in [5.74, 6) is -0.616. The van der Waals surface area contributed by atoms with Gasteiger partial charge in [-0.2, -0.15) is 0 Å². The molecule has 1 N–H and O–H groups in total. The summed E-state index contributed by atoms with van der Waals surface area (Å²) in [6.07, 6.45) is 66.4. The van der Waals surface area contributed by atoms with Crippen molar-refractivity contribution < 1.29 is 37.3 Å². The van der Waals surface area contributed by atoms with Crippen molar-refractivity contribution in [2.45, 2.75) is 290 Å². The van der Waals surface area contributed by atoms with Gasteiger partial charge in [0.2, 0.25) is 5.91 Å². The molecule has 0 aliphatic rings. The highest BCUT2D eigenvalue weighted by atomic mass is 31.2. The minimum Gasteiger partial charge on any atom is -0.756 e. The largest absolute Gasteiger partial charge is 0.756 e. The molecule has 0 aliphatic heterocycles. The van der Waals surface area contributed by atoms with E-state index in [9.17, 15) is 19.0 Å². The number of quaternary nitrogens is 1. The van der Waals surface area contributed by atoms with Crippen molar-refractivity contribution in [1.82, 2.24) is 5.32 Å². The van der Waals surface area contributed by atoms with Crippen LogP contribution in [0.3, 0.4) is 0 Å². The number of phosphoric ester groups is 1. The SMILES string of the molecule is CCCCC/C=C\C/C=C\CCCCCCCCCCCCCCCC(=O)OC(/C=C\CCCCCCCCCCC)C(COP(=O)([O-])OCC[N+](C)(C)C)NC(=O)CC/C=C/C/C=C\CCCCCCCC. The van der Waals surface area contributed by atoms with Crippen molar-refractivity contribution in [3.8, 4) is 0 Å². The minimum absolute atomic E-state index is 0.0320. The summed E-state index contributed by atoms with van der Waals surface area (Å²) < 4.78 is 30.2. The van der Waals surface area contributed by atoms with Crippen LogP contribution in [0.1, 0.15) is 278 Å². The van der Waals surface area contributed by atoms with E-state index in [4.69, 9.17) is 13.8 Å². The van der Waals surface area contributed by atoms with Crippen molar-refractivity contribution in [1.29, 1.82) is 0 Å². The first kappa shape index (κ1) is 70.7. The van der Waals surface area contributed by atoms with Gasteiger partial charge >= 0.3 is 5.97 Å². The molecule has 426 valence electrons. The predicted molar refractivity (Wildman–Crippen MR) is 312 cm³/mol. The lowest BCUT2D eigenvalue weighted by Crippen LogP contribution is -2.47. The van der Waals surface area contributed by atoms with Crippen LogP contribution in [0.2, 0.25) is 0 Å². The fourth-order valence-electron chi connectivity index (χ4n) is 8.66. The number of nitrogens with one attached hydrogen (secondary N) is 1. The first-order chi connectivity index (χ1) is 35.4. The van der Waals surface area contributed by atoms with Crippen LogP contribution in [-0.2, 0) is 27.9 Å². The van der Waals surface area contributed by atoms with E-state index in [0.29, 0.717) is 17.4 Å². The number of nitrogens with zero attached hydrogens (tertiary/aromatic N) is 1. The number of carbonyl (C=O) groups is 2. The summed E-state index contributed by atoms with van der Waals surface area (Å²) in [5, 5.41) is 2.98. The molecule has 9 nitrogen and oxygen atoms in total. The first-order valence-corrected chi connectivity index (χ1v) is 32.1. The molecule has 0 aromatic heterocycles. The van der Waals surface area contributed by atoms with Crippen LogP contribution in [0, 0.1) is 0 Å². The summed E-state index contributed by atoms with van der Waals surface area (Å²) in [5.41, 5.74) is 0. The van der Waals surface area contributed by atoms with Gasteiger partial charge in [0.1, 0.15) is 19.3 Å². The number of allylic oxidation sites excluding steroid dienone is 9. The maximum Gasteiger partial charge on any atom is 0.306 e. The second-order valence-electron chi connectivity index (χ2n) is 21.8. The van der Waals surface area contributed by atoms with Crippen molar-refractivity contribution in [2.75, 3.05) is 40.9 Å². The average Bonchev–Trinajstić information content (AvgIpc) is 3.35. The third-order valence-electron chi connectivity index (χ3n) is 13.4. The maximum absolute atomic E-state index is 13.4. The number of esters is 1. The molecule has 3 unspecified atom stereocenters. The van der Waals surface area contributed by atoms with Crippen molar-refractivity contribution in [3.63, 3.8) is 0 Å². The molecule has 3 atom stereocenters. The quantitative estimate of drug-likeness (QED) is 0.0212. The highest BCUT2D eigenvalue weighted by molar-refractivity contribution is 7.45. The third-order valence-corrected chi connectivity index (χ3v) is 14.4. The first-order valence-electron chi connectivity index (χ1n) is 30.6. The number of carbonyl (C=O) groups excluding carboxylic acids is 2. The van der Waals surface area contributed by atoms with Gasteiger partial charge in [0.05, 0.1) is 33.8 Å². The van der Waals surface area contributed by atoms with E-state index in [1.54, 1.807) is 0 Å². The molecule has 0 aliphatic carbocycles. The van der Waals surface area contributed by atoms with E-state index in [-0.39, 0.29) is 31.3 Å². The molecule has 1 amide bonds. The Kier molecular flexibility index (Phi) is 51.5. The third kappa shape index (κ3) is 54.3. The van der Waals surface area contributed by atoms with Crippen molar-refractivity contribution in [3.05, 3.63) is 60.8 Å². The lowest BCUT2D eigenvalue weighted by atomic mass is 10.0. The van der Waals surface area contributed by atoms with Gasteiger partial charge in [0, 0.05) is 12.8 Å². The van der Waals surface area contributed by atoms with E-state index < -0.39 is 26.6 Å². The van der Waals surface area contributed by atoms with Gasteiger partial charge in [0.25, 0.3) is 7.82 Å². The average molecular weight is 1050 g/mol. The number of likely N-dealkylation sites (N-methyl/N-ethyl adjacent to an activating group) is 1. The highest BCUT2D eigenvalue weighted by Gasteiger charge is 2.27. The highest BCUT2D eigenvalue weighted by Crippen LogP contribution is 2.38. The number of amides is 1. The molecule has 0 rings (SSSR count). The zero-order chi connectivity index (χ0) is 53.6. The topological polar surface area (TPSA) is 114 Å². The summed E-state index contributed by atoms with van der Waals surface area (Å²) in [4.78, 5) is 39.8. The van der Waals surface area contributed by atoms with E-state index in [1.165, 1.54) is 180 Å². The van der Waals surface area contributed by atoms with E-state index in [1.807, 2.05) is 39.4 Å². The summed E-state index contributed by atoms with van der Waals surface area (Å²) >= 11 is 0. The lowest BCUT2D eigenvalue weighted by Gasteiger charge is -2.30. The molecule has 0 saturated heterocycles. The van der Waals surface area contributed by atoms with Gasteiger partial charge in [-0.1, -0.05) is 242 Å². The van der Waals surface area contributed by atoms with Gasteiger partial charge < -0.3 is 28.5 Å². The normalized spacial score (nSPS) is 14.1. The Labute approximate surface area is 451 Å². The Balaban J connectivity index is 5.17. The molecule has 0 aromatic rings. The zero-order valence-corrected chi connectivity index (χ0v) is 49.5. The molecule has 0 fully saturated rings. The monoisotopic (exact) mass is 1040 g/mol. The van der Waals surface area contributed by atoms with Crippen LogP contribution in [0.5, 0.6) is 0 Å². The Bertz CT molecular complexity index is 1440. The fourth-order valence-corrected chi connectivity index (χ4v) is 9.38. The van der Waals surface area contributed by atoms with Crippen LogP contribution in [-0.4, -0.2) is 69.4 Å². The maximum atomic E-state index is 13.4. The van der Waals surface area contributed by atoms with E-state index in [0.717, 1.165) is 57.8 Å². The lowest BCUT2D eigenvalue weighted by molar-refractivity contribution is -0.870. The molecule has 0 aromatic carbocycles. The van der Waals surface area contributed by atoms with Crippen LogP contribution >= 0.6 is 7.82 Å². The zero-order valence-electron chi connectivity index (χ0n) is 48.6. The Morgan fingerprint density at radius 1 is 0.479 bits per heavy atom. The molecule has 10 heteroatoms. The number of unbranched alkanes of at least 4 members (excludes halogenated alkanes) is 31. The van der Waals surface area contributed by atoms with E-state index >= 15 is 0 Å². The Hall–Kier alpha value is -2.29. The second kappa shape index (κ2) is 53.1. The van der Waals surface area contributed by atoms with Gasteiger partial charge in [-0.3, -0.25) is 14.2 Å². The van der Waals surface area contributed by atoms with Crippen LogP contribution in [0.15, 0.2) is 60.8 Å². The standard InChI is InChI=1S/C63H117N2O7P/c1-7-10-13-16-19-22-25-27-28-29-30-31-32-33-34-35-36-38-41-44-47-50-53-56-63(67)72-61(54-51-48-45-42-39-24-21-18-15-12-9-3)60(59-71-73(68,69)70-58-57-65(4,5)6)64-62(66)55-52-49-46-43-40-37-26-23-20-17-14-11-8-2/h19,22,27-28,37,40,46,49,51,54,60-61H,7-18,20-21,23-26,29-36,38-39,41-45,47-48,50,52-53,55-59H2,1-6H3,(H-,64,66,68,69)/b22-19-,28-27-,40-37-,49-46+,54-51-. The molecule has 0 spiro atoms. The van der Waals surface area contributed by atoms with Gasteiger partial charge in [0.15, 0.2) is 0 Å². The minimum atomic E-state index is -4.71. The number of ether oxygens (including phenoxy) is 1. The second-order valence-corrected chi connectivity index (χ2v) is 23.3. The summed E-state index contributed by atoms with van der Waals surface area (Å²) in [7, 11) is 1.15. The Morgan fingerprint density at radius 2 is 0.849 bits per heavy atom. The van der Waals surface area contributed by atoms with Crippen LogP contribution < -0.4 is 10.2 Å². The smallest absolute Gasteiger partial charge is 0.306 e. The van der Waals surface area contributed by atoms with Crippen molar-refractivity contribution in [2.24, 2.45) is 0 Å². The van der Waals surface area contributed by atoms with Gasteiger partial charge in [-0.15, -0.1) is 0 Å². The summed E-state index contributed by atoms with van der Waals surface area (Å²) in [6.45, 7) is 6.77.